The Morgan fingerprint density at radius 3 is 2.35 bits per heavy atom. The second-order valence-corrected chi connectivity index (χ2v) is 6.38. The summed E-state index contributed by atoms with van der Waals surface area (Å²) < 4.78 is 6.20. The average molecular weight is 275 g/mol. The first-order chi connectivity index (χ1) is 9.67. The molecule has 0 unspecified atom stereocenters. The number of nitrogens with one attached hydrogen (secondary N) is 1. The Balaban J connectivity index is 1.78. The van der Waals surface area contributed by atoms with Gasteiger partial charge in [0.1, 0.15) is 17.7 Å². The van der Waals surface area contributed by atoms with E-state index in [0.717, 1.165) is 41.8 Å². The molecule has 0 bridgehead atoms. The molecule has 0 amide bonds. The molecule has 0 radical (unpaired) electrons. The number of rotatable bonds is 4. The molecule has 2 saturated carbocycles. The van der Waals surface area contributed by atoms with Crippen molar-refractivity contribution in [1.29, 1.82) is 0 Å². The topological polar surface area (TPSA) is 47.0 Å². The minimum atomic E-state index is 0.330. The molecule has 1 aromatic rings. The van der Waals surface area contributed by atoms with E-state index in [9.17, 15) is 0 Å². The molecule has 0 spiro atoms. The quantitative estimate of drug-likeness (QED) is 0.911. The van der Waals surface area contributed by atoms with E-state index in [1.165, 1.54) is 25.7 Å². The maximum atomic E-state index is 6.20. The van der Waals surface area contributed by atoms with Gasteiger partial charge in [-0.15, -0.1) is 0 Å². The van der Waals surface area contributed by atoms with Crippen LogP contribution < -0.4 is 10.1 Å². The smallest absolute Gasteiger partial charge is 0.222 e. The van der Waals surface area contributed by atoms with E-state index in [0.29, 0.717) is 12.0 Å². The van der Waals surface area contributed by atoms with Gasteiger partial charge in [-0.05, 0) is 51.4 Å². The van der Waals surface area contributed by atoms with Crippen LogP contribution in [0.1, 0.15) is 62.8 Å². The monoisotopic (exact) mass is 275 g/mol. The van der Waals surface area contributed by atoms with Crippen LogP contribution in [-0.2, 0) is 0 Å². The molecule has 2 fully saturated rings. The summed E-state index contributed by atoms with van der Waals surface area (Å²) in [5, 5.41) is 3.17. The predicted molar refractivity (Wildman–Crippen MR) is 80.3 cm³/mol. The van der Waals surface area contributed by atoms with Crippen LogP contribution >= 0.6 is 0 Å². The highest BCUT2D eigenvalue weighted by atomic mass is 16.5. The van der Waals surface area contributed by atoms with E-state index >= 15 is 0 Å². The van der Waals surface area contributed by atoms with Crippen LogP contribution in [0, 0.1) is 12.8 Å². The Bertz CT molecular complexity index is 477. The molecule has 2 aliphatic rings. The highest BCUT2D eigenvalue weighted by Crippen LogP contribution is 2.40. The molecule has 0 atom stereocenters. The van der Waals surface area contributed by atoms with Gasteiger partial charge < -0.3 is 10.1 Å². The van der Waals surface area contributed by atoms with Crippen molar-refractivity contribution in [3.63, 3.8) is 0 Å². The van der Waals surface area contributed by atoms with Crippen LogP contribution in [0.2, 0.25) is 0 Å². The van der Waals surface area contributed by atoms with E-state index in [4.69, 9.17) is 4.74 Å². The molecular formula is C16H25N3O. The molecule has 4 heteroatoms. The number of hydrogen-bond donors (Lipinski definition) is 1. The zero-order valence-electron chi connectivity index (χ0n) is 12.8. The van der Waals surface area contributed by atoms with Crippen LogP contribution in [0.25, 0.3) is 0 Å². The molecular weight excluding hydrogens is 250 g/mol. The third-order valence-electron chi connectivity index (χ3n) is 4.54. The summed E-state index contributed by atoms with van der Waals surface area (Å²) >= 11 is 0. The van der Waals surface area contributed by atoms with Gasteiger partial charge in [-0.3, -0.25) is 0 Å². The summed E-state index contributed by atoms with van der Waals surface area (Å²) in [5.41, 5.74) is 1.04. The van der Waals surface area contributed by atoms with Crippen molar-refractivity contribution >= 4 is 5.82 Å². The fourth-order valence-electron chi connectivity index (χ4n) is 2.90. The van der Waals surface area contributed by atoms with Gasteiger partial charge in [0.2, 0.25) is 5.88 Å². The molecule has 2 aliphatic carbocycles. The van der Waals surface area contributed by atoms with Crippen molar-refractivity contribution in [2.45, 2.75) is 64.4 Å². The molecule has 110 valence electrons. The van der Waals surface area contributed by atoms with Gasteiger partial charge in [0.15, 0.2) is 0 Å². The molecule has 0 saturated heterocycles. The molecule has 1 N–H and O–H groups in total. The van der Waals surface area contributed by atoms with E-state index in [2.05, 4.69) is 22.2 Å². The van der Waals surface area contributed by atoms with Crippen molar-refractivity contribution in [2.75, 3.05) is 12.4 Å². The van der Waals surface area contributed by atoms with E-state index in [1.54, 1.807) is 0 Å². The molecule has 0 aliphatic heterocycles. The molecule has 20 heavy (non-hydrogen) atoms. The summed E-state index contributed by atoms with van der Waals surface area (Å²) in [6.07, 6.45) is 7.60. The van der Waals surface area contributed by atoms with Crippen LogP contribution in [0.3, 0.4) is 0 Å². The lowest BCUT2D eigenvalue weighted by Gasteiger charge is -2.27. The average Bonchev–Trinajstić information content (AvgIpc) is 3.28. The van der Waals surface area contributed by atoms with Gasteiger partial charge >= 0.3 is 0 Å². The van der Waals surface area contributed by atoms with Crippen LogP contribution in [0.15, 0.2) is 0 Å². The first-order valence-electron chi connectivity index (χ1n) is 7.90. The van der Waals surface area contributed by atoms with Gasteiger partial charge in [0.25, 0.3) is 0 Å². The van der Waals surface area contributed by atoms with Gasteiger partial charge in [-0.25, -0.2) is 4.98 Å². The number of anilines is 1. The second kappa shape index (κ2) is 5.58. The maximum absolute atomic E-state index is 6.20. The predicted octanol–water partition coefficient (Wildman–Crippen LogP) is 3.66. The first kappa shape index (κ1) is 13.7. The van der Waals surface area contributed by atoms with Crippen molar-refractivity contribution in [3.05, 3.63) is 11.4 Å². The van der Waals surface area contributed by atoms with Crippen molar-refractivity contribution < 1.29 is 4.74 Å². The summed E-state index contributed by atoms with van der Waals surface area (Å²) in [7, 11) is 1.91. The van der Waals surface area contributed by atoms with Gasteiger partial charge in [-0.1, -0.05) is 6.92 Å². The second-order valence-electron chi connectivity index (χ2n) is 6.38. The number of nitrogens with zero attached hydrogens (tertiary/aromatic N) is 2. The third-order valence-corrected chi connectivity index (χ3v) is 4.54. The van der Waals surface area contributed by atoms with Crippen molar-refractivity contribution in [3.8, 4) is 5.88 Å². The summed E-state index contributed by atoms with van der Waals surface area (Å²) in [5.74, 6) is 4.07. The van der Waals surface area contributed by atoms with Crippen LogP contribution in [0.5, 0.6) is 5.88 Å². The normalized spacial score (nSPS) is 26.4. The summed E-state index contributed by atoms with van der Waals surface area (Å²) in [6, 6.07) is 0. The van der Waals surface area contributed by atoms with Crippen molar-refractivity contribution in [2.24, 2.45) is 5.92 Å². The van der Waals surface area contributed by atoms with E-state index in [1.807, 2.05) is 14.0 Å². The fourth-order valence-corrected chi connectivity index (χ4v) is 2.90. The molecule has 1 aromatic heterocycles. The minimum Gasteiger partial charge on any atom is -0.474 e. The number of ether oxygens (including phenoxy) is 1. The van der Waals surface area contributed by atoms with E-state index in [-0.39, 0.29) is 0 Å². The Kier molecular flexibility index (Phi) is 3.81. The molecule has 4 nitrogen and oxygen atoms in total. The molecule has 0 aromatic carbocycles. The summed E-state index contributed by atoms with van der Waals surface area (Å²) in [6.45, 7) is 4.37. The Morgan fingerprint density at radius 2 is 1.75 bits per heavy atom. The van der Waals surface area contributed by atoms with E-state index < -0.39 is 0 Å². The lowest BCUT2D eigenvalue weighted by Crippen LogP contribution is -2.24. The largest absolute Gasteiger partial charge is 0.474 e. The number of aromatic nitrogens is 2. The highest BCUT2D eigenvalue weighted by Gasteiger charge is 2.29. The number of hydrogen-bond acceptors (Lipinski definition) is 4. The van der Waals surface area contributed by atoms with Gasteiger partial charge in [0.05, 0.1) is 5.56 Å². The maximum Gasteiger partial charge on any atom is 0.222 e. The Hall–Kier alpha value is -1.32. The minimum absolute atomic E-state index is 0.330. The molecule has 1 heterocycles. The Labute approximate surface area is 121 Å². The summed E-state index contributed by atoms with van der Waals surface area (Å²) in [4.78, 5) is 9.30. The van der Waals surface area contributed by atoms with Gasteiger partial charge in [-0.2, -0.15) is 4.98 Å². The molecule has 3 rings (SSSR count). The zero-order chi connectivity index (χ0) is 14.1. The third kappa shape index (κ3) is 2.89. The lowest BCUT2D eigenvalue weighted by atomic mass is 9.89. The lowest BCUT2D eigenvalue weighted by molar-refractivity contribution is 0.129. The highest BCUT2D eigenvalue weighted by molar-refractivity contribution is 5.48. The van der Waals surface area contributed by atoms with Crippen LogP contribution in [0.4, 0.5) is 5.82 Å². The first-order valence-corrected chi connectivity index (χ1v) is 7.90. The SMILES string of the molecule is CNc1nc(C2CC2)nc(OC2CCC(C)CC2)c1C. The van der Waals surface area contributed by atoms with Gasteiger partial charge in [0, 0.05) is 13.0 Å². The van der Waals surface area contributed by atoms with Crippen molar-refractivity contribution in [1.82, 2.24) is 9.97 Å². The zero-order valence-corrected chi connectivity index (χ0v) is 12.8. The van der Waals surface area contributed by atoms with Crippen LogP contribution in [-0.4, -0.2) is 23.1 Å². The fraction of sp³-hybridized carbons (Fsp3) is 0.750. The Morgan fingerprint density at radius 1 is 1.05 bits per heavy atom. The standard InChI is InChI=1S/C16H25N3O/c1-10-4-8-13(9-5-10)20-16-11(2)14(17-3)18-15(19-16)12-6-7-12/h10,12-13H,4-9H2,1-3H3,(H,17,18,19).